The molecule has 0 spiro atoms. The van der Waals surface area contributed by atoms with Gasteiger partial charge < -0.3 is 4.43 Å². The lowest BCUT2D eigenvalue weighted by atomic mass is 10.1. The summed E-state index contributed by atoms with van der Waals surface area (Å²) in [5.74, 6) is 0. The SMILES string of the molecule is CC(C)(C)N=NC(C)(C#N)O[Si](C)(C)C. The third kappa shape index (κ3) is 7.23. The normalized spacial score (nSPS) is 17.5. The van der Waals surface area contributed by atoms with Gasteiger partial charge in [0.1, 0.15) is 6.07 Å². The van der Waals surface area contributed by atoms with Crippen LogP contribution in [0.4, 0.5) is 0 Å². The lowest BCUT2D eigenvalue weighted by Gasteiger charge is -2.26. The van der Waals surface area contributed by atoms with Gasteiger partial charge in [-0.3, -0.25) is 0 Å². The Balaban J connectivity index is 4.76. The molecule has 0 aliphatic heterocycles. The highest BCUT2D eigenvalue weighted by molar-refractivity contribution is 6.69. The Morgan fingerprint density at radius 1 is 1.07 bits per heavy atom. The molecule has 1 unspecified atom stereocenters. The minimum Gasteiger partial charge on any atom is -0.383 e. The van der Waals surface area contributed by atoms with Crippen LogP contribution >= 0.6 is 0 Å². The molecule has 0 rings (SSSR count). The van der Waals surface area contributed by atoms with Gasteiger partial charge in [-0.25, -0.2) is 0 Å². The molecule has 0 aliphatic rings. The summed E-state index contributed by atoms with van der Waals surface area (Å²) in [6.07, 6.45) is 0. The Hall–Kier alpha value is -0.733. The topological polar surface area (TPSA) is 57.7 Å². The van der Waals surface area contributed by atoms with E-state index < -0.39 is 14.0 Å². The fourth-order valence-electron chi connectivity index (χ4n) is 0.907. The van der Waals surface area contributed by atoms with Crippen LogP contribution in [0.2, 0.25) is 19.6 Å². The van der Waals surface area contributed by atoms with Gasteiger partial charge in [0.05, 0.1) is 5.54 Å². The zero-order valence-electron chi connectivity index (χ0n) is 10.7. The number of nitrogens with zero attached hydrogens (tertiary/aromatic N) is 3. The first kappa shape index (κ1) is 14.3. The van der Waals surface area contributed by atoms with Crippen LogP contribution in [-0.4, -0.2) is 19.6 Å². The fraction of sp³-hybridized carbons (Fsp3) is 0.900. The Morgan fingerprint density at radius 3 is 1.80 bits per heavy atom. The third-order valence-corrected chi connectivity index (χ3v) is 2.26. The van der Waals surface area contributed by atoms with Gasteiger partial charge in [-0.05, 0) is 40.4 Å². The molecule has 86 valence electrons. The second-order valence-corrected chi connectivity index (χ2v) is 10.1. The molecule has 0 N–H and O–H groups in total. The molecule has 0 fully saturated rings. The summed E-state index contributed by atoms with van der Waals surface area (Å²) in [5, 5.41) is 17.1. The molecule has 5 heteroatoms. The highest BCUT2D eigenvalue weighted by Gasteiger charge is 2.32. The van der Waals surface area contributed by atoms with Crippen LogP contribution < -0.4 is 0 Å². The molecular weight excluding hydrogens is 206 g/mol. The van der Waals surface area contributed by atoms with Crippen molar-refractivity contribution in [3.8, 4) is 6.07 Å². The first-order valence-corrected chi connectivity index (χ1v) is 8.44. The largest absolute Gasteiger partial charge is 0.383 e. The van der Waals surface area contributed by atoms with Crippen LogP contribution in [0, 0.1) is 11.3 Å². The van der Waals surface area contributed by atoms with E-state index in [1.54, 1.807) is 6.92 Å². The number of nitriles is 1. The molecule has 0 heterocycles. The van der Waals surface area contributed by atoms with Crippen molar-refractivity contribution in [1.82, 2.24) is 0 Å². The molecular formula is C10H21N3OSi. The molecule has 0 aromatic heterocycles. The average Bonchev–Trinajstić information content (AvgIpc) is 1.97. The number of hydrogen-bond acceptors (Lipinski definition) is 4. The van der Waals surface area contributed by atoms with Crippen LogP contribution in [0.5, 0.6) is 0 Å². The van der Waals surface area contributed by atoms with Crippen molar-refractivity contribution >= 4 is 8.32 Å². The lowest BCUT2D eigenvalue weighted by Crippen LogP contribution is -2.38. The second-order valence-electron chi connectivity index (χ2n) is 5.68. The molecule has 0 aliphatic carbocycles. The first-order chi connectivity index (χ1) is 6.47. The van der Waals surface area contributed by atoms with Crippen molar-refractivity contribution in [2.45, 2.75) is 58.6 Å². The molecule has 4 nitrogen and oxygen atoms in total. The van der Waals surface area contributed by atoms with Crippen LogP contribution in [0.15, 0.2) is 10.2 Å². The van der Waals surface area contributed by atoms with E-state index in [2.05, 4.69) is 16.3 Å². The second kappa shape index (κ2) is 4.41. The number of azo groups is 1. The summed E-state index contributed by atoms with van der Waals surface area (Å²) in [4.78, 5) is 0. The minimum atomic E-state index is -1.79. The zero-order chi connectivity index (χ0) is 12.3. The van der Waals surface area contributed by atoms with E-state index in [9.17, 15) is 0 Å². The minimum absolute atomic E-state index is 0.277. The highest BCUT2D eigenvalue weighted by atomic mass is 28.4. The number of rotatable bonds is 3. The van der Waals surface area contributed by atoms with Crippen LogP contribution in [0.25, 0.3) is 0 Å². The molecule has 0 saturated carbocycles. The summed E-state index contributed by atoms with van der Waals surface area (Å²) in [6, 6.07) is 2.06. The van der Waals surface area contributed by atoms with Crippen molar-refractivity contribution in [3.05, 3.63) is 0 Å². The molecule has 15 heavy (non-hydrogen) atoms. The van der Waals surface area contributed by atoms with Gasteiger partial charge in [0.2, 0.25) is 0 Å². The maximum absolute atomic E-state index is 9.04. The van der Waals surface area contributed by atoms with E-state index in [-0.39, 0.29) is 5.54 Å². The molecule has 0 aromatic carbocycles. The Morgan fingerprint density at radius 2 is 1.53 bits per heavy atom. The predicted molar refractivity (Wildman–Crippen MR) is 63.1 cm³/mol. The maximum Gasteiger partial charge on any atom is 0.254 e. The standard InChI is InChI=1S/C10H21N3OSi/c1-9(2,3)12-13-10(4,8-11)14-15(5,6)7/h1-7H3. The van der Waals surface area contributed by atoms with Gasteiger partial charge in [-0.15, -0.1) is 5.11 Å². The van der Waals surface area contributed by atoms with Crippen molar-refractivity contribution in [2.24, 2.45) is 10.2 Å². The van der Waals surface area contributed by atoms with Gasteiger partial charge >= 0.3 is 0 Å². The van der Waals surface area contributed by atoms with E-state index in [1.165, 1.54) is 0 Å². The quantitative estimate of drug-likeness (QED) is 0.548. The van der Waals surface area contributed by atoms with E-state index in [0.29, 0.717) is 0 Å². The molecule has 0 radical (unpaired) electrons. The van der Waals surface area contributed by atoms with Crippen molar-refractivity contribution < 1.29 is 4.43 Å². The highest BCUT2D eigenvalue weighted by Crippen LogP contribution is 2.21. The maximum atomic E-state index is 9.04. The fourth-order valence-corrected chi connectivity index (χ4v) is 2.19. The summed E-state index contributed by atoms with van der Waals surface area (Å²) < 4.78 is 5.69. The molecule has 0 amide bonds. The summed E-state index contributed by atoms with van der Waals surface area (Å²) in [5.41, 5.74) is -1.42. The van der Waals surface area contributed by atoms with E-state index >= 15 is 0 Å². The zero-order valence-corrected chi connectivity index (χ0v) is 11.7. The van der Waals surface area contributed by atoms with Gasteiger partial charge in [0.15, 0.2) is 8.32 Å². The van der Waals surface area contributed by atoms with Crippen LogP contribution in [0.1, 0.15) is 27.7 Å². The molecule has 0 aromatic rings. The monoisotopic (exact) mass is 227 g/mol. The van der Waals surface area contributed by atoms with Crippen LogP contribution in [-0.2, 0) is 4.43 Å². The van der Waals surface area contributed by atoms with Crippen molar-refractivity contribution in [3.63, 3.8) is 0 Å². The first-order valence-electron chi connectivity index (χ1n) is 5.03. The Kier molecular flexibility index (Phi) is 4.20. The summed E-state index contributed by atoms with van der Waals surface area (Å²) in [6.45, 7) is 13.5. The van der Waals surface area contributed by atoms with Crippen LogP contribution in [0.3, 0.4) is 0 Å². The van der Waals surface area contributed by atoms with Crippen molar-refractivity contribution in [2.75, 3.05) is 0 Å². The smallest absolute Gasteiger partial charge is 0.254 e. The Bertz CT molecular complexity index is 283. The molecule has 0 bridgehead atoms. The predicted octanol–water partition coefficient (Wildman–Crippen LogP) is 3.33. The molecule has 0 saturated heterocycles. The van der Waals surface area contributed by atoms with Gasteiger partial charge in [-0.2, -0.15) is 10.4 Å². The van der Waals surface area contributed by atoms with Crippen molar-refractivity contribution in [1.29, 1.82) is 5.26 Å². The van der Waals surface area contributed by atoms with E-state index in [0.717, 1.165) is 0 Å². The Labute approximate surface area is 93.5 Å². The number of hydrogen-bond donors (Lipinski definition) is 0. The summed E-state index contributed by atoms with van der Waals surface area (Å²) in [7, 11) is -1.79. The van der Waals surface area contributed by atoms with E-state index in [1.807, 2.05) is 40.4 Å². The van der Waals surface area contributed by atoms with Gasteiger partial charge in [0.25, 0.3) is 5.72 Å². The lowest BCUT2D eigenvalue weighted by molar-refractivity contribution is 0.137. The average molecular weight is 227 g/mol. The van der Waals surface area contributed by atoms with Gasteiger partial charge in [0, 0.05) is 6.92 Å². The third-order valence-electron chi connectivity index (χ3n) is 1.25. The summed E-state index contributed by atoms with van der Waals surface area (Å²) >= 11 is 0. The van der Waals surface area contributed by atoms with Gasteiger partial charge in [-0.1, -0.05) is 0 Å². The van der Waals surface area contributed by atoms with E-state index in [4.69, 9.17) is 9.69 Å². The molecule has 1 atom stereocenters.